The molecule has 0 unspecified atom stereocenters. The van der Waals surface area contributed by atoms with Crippen LogP contribution < -0.4 is 0 Å². The summed E-state index contributed by atoms with van der Waals surface area (Å²) in [5.41, 5.74) is 0.212. The molecule has 0 radical (unpaired) electrons. The predicted molar refractivity (Wildman–Crippen MR) is 51.0 cm³/mol. The summed E-state index contributed by atoms with van der Waals surface area (Å²) >= 11 is 0. The summed E-state index contributed by atoms with van der Waals surface area (Å²) in [7, 11) is 0. The zero-order valence-electron chi connectivity index (χ0n) is 8.11. The van der Waals surface area contributed by atoms with E-state index < -0.39 is 11.6 Å². The van der Waals surface area contributed by atoms with Gasteiger partial charge in [0, 0.05) is 12.6 Å². The van der Waals surface area contributed by atoms with Crippen molar-refractivity contribution in [2.24, 2.45) is 0 Å². The molecule has 2 aromatic rings. The van der Waals surface area contributed by atoms with Crippen molar-refractivity contribution in [3.05, 3.63) is 36.2 Å². The Kier molecular flexibility index (Phi) is 2.45. The normalized spacial score (nSPS) is 10.6. The number of hydrogen-bond donors (Lipinski definition) is 0. The molecular formula is C10H9F2N3. The molecule has 0 amide bonds. The number of rotatable bonds is 2. The standard InChI is InChI=1S/C10H9F2N3/c1-2-15-6-13-10(14-15)8-4-3-7(11)5-9(8)12/h3-6H,2H2,1H3. The Labute approximate surface area is 85.4 Å². The van der Waals surface area contributed by atoms with E-state index in [1.54, 1.807) is 4.68 Å². The van der Waals surface area contributed by atoms with Gasteiger partial charge in [0.05, 0.1) is 5.56 Å². The molecule has 0 aliphatic carbocycles. The third-order valence-corrected chi connectivity index (χ3v) is 2.03. The molecule has 0 N–H and O–H groups in total. The van der Waals surface area contributed by atoms with Gasteiger partial charge in [0.25, 0.3) is 0 Å². The molecule has 5 heteroatoms. The molecule has 3 nitrogen and oxygen atoms in total. The van der Waals surface area contributed by atoms with Crippen LogP contribution >= 0.6 is 0 Å². The molecule has 0 saturated carbocycles. The number of hydrogen-bond acceptors (Lipinski definition) is 2. The van der Waals surface area contributed by atoms with Gasteiger partial charge in [-0.1, -0.05) is 0 Å². The summed E-state index contributed by atoms with van der Waals surface area (Å²) in [4.78, 5) is 3.94. The van der Waals surface area contributed by atoms with Crippen LogP contribution in [0.5, 0.6) is 0 Å². The highest BCUT2D eigenvalue weighted by molar-refractivity contribution is 5.54. The Morgan fingerprint density at radius 1 is 1.33 bits per heavy atom. The van der Waals surface area contributed by atoms with E-state index in [9.17, 15) is 8.78 Å². The Morgan fingerprint density at radius 2 is 2.13 bits per heavy atom. The average Bonchev–Trinajstić information content (AvgIpc) is 2.66. The van der Waals surface area contributed by atoms with E-state index in [4.69, 9.17) is 0 Å². The van der Waals surface area contributed by atoms with Crippen LogP contribution in [-0.4, -0.2) is 14.8 Å². The second kappa shape index (κ2) is 3.76. The summed E-state index contributed by atoms with van der Waals surface area (Å²) in [5.74, 6) is -0.982. The molecule has 0 aliphatic heterocycles. The summed E-state index contributed by atoms with van der Waals surface area (Å²) in [6, 6.07) is 3.34. The maximum atomic E-state index is 13.3. The summed E-state index contributed by atoms with van der Waals surface area (Å²) in [5, 5.41) is 4.03. The van der Waals surface area contributed by atoms with Gasteiger partial charge in [-0.15, -0.1) is 0 Å². The minimum atomic E-state index is -0.649. The largest absolute Gasteiger partial charge is 0.253 e. The van der Waals surface area contributed by atoms with Crippen molar-refractivity contribution in [3.63, 3.8) is 0 Å². The lowest BCUT2D eigenvalue weighted by atomic mass is 10.2. The van der Waals surface area contributed by atoms with E-state index in [0.29, 0.717) is 6.54 Å². The van der Waals surface area contributed by atoms with Crippen molar-refractivity contribution >= 4 is 0 Å². The minimum Gasteiger partial charge on any atom is -0.253 e. The highest BCUT2D eigenvalue weighted by Gasteiger charge is 2.10. The maximum Gasteiger partial charge on any atom is 0.184 e. The van der Waals surface area contributed by atoms with Gasteiger partial charge >= 0.3 is 0 Å². The lowest BCUT2D eigenvalue weighted by Crippen LogP contribution is -1.95. The molecule has 78 valence electrons. The van der Waals surface area contributed by atoms with E-state index in [1.165, 1.54) is 18.5 Å². The second-order valence-electron chi connectivity index (χ2n) is 3.05. The van der Waals surface area contributed by atoms with Crippen molar-refractivity contribution in [3.8, 4) is 11.4 Å². The van der Waals surface area contributed by atoms with Crippen LogP contribution in [0.3, 0.4) is 0 Å². The van der Waals surface area contributed by atoms with Crippen molar-refractivity contribution in [1.29, 1.82) is 0 Å². The second-order valence-corrected chi connectivity index (χ2v) is 3.05. The van der Waals surface area contributed by atoms with Gasteiger partial charge in [-0.2, -0.15) is 5.10 Å². The first-order valence-corrected chi connectivity index (χ1v) is 4.55. The molecule has 1 heterocycles. The lowest BCUT2D eigenvalue weighted by molar-refractivity contribution is 0.584. The van der Waals surface area contributed by atoms with Gasteiger partial charge in [-0.3, -0.25) is 4.68 Å². The molecular weight excluding hydrogens is 200 g/mol. The third-order valence-electron chi connectivity index (χ3n) is 2.03. The van der Waals surface area contributed by atoms with Gasteiger partial charge < -0.3 is 0 Å². The first-order chi connectivity index (χ1) is 7.20. The van der Waals surface area contributed by atoms with Gasteiger partial charge in [0.1, 0.15) is 18.0 Å². The zero-order valence-corrected chi connectivity index (χ0v) is 8.11. The van der Waals surface area contributed by atoms with Crippen LogP contribution in [0, 0.1) is 11.6 Å². The Bertz CT molecular complexity index is 479. The molecule has 0 aliphatic rings. The zero-order chi connectivity index (χ0) is 10.8. The number of halogens is 2. The van der Waals surface area contributed by atoms with Crippen LogP contribution in [0.1, 0.15) is 6.92 Å². The summed E-state index contributed by atoms with van der Waals surface area (Å²) in [6.45, 7) is 2.56. The smallest absolute Gasteiger partial charge is 0.184 e. The number of aromatic nitrogens is 3. The Hall–Kier alpha value is -1.78. The van der Waals surface area contributed by atoms with Gasteiger partial charge in [0.2, 0.25) is 0 Å². The van der Waals surface area contributed by atoms with Crippen molar-refractivity contribution in [1.82, 2.24) is 14.8 Å². The fourth-order valence-electron chi connectivity index (χ4n) is 1.24. The molecule has 15 heavy (non-hydrogen) atoms. The molecule has 2 rings (SSSR count). The molecule has 0 atom stereocenters. The van der Waals surface area contributed by atoms with Crippen LogP contribution in [-0.2, 0) is 6.54 Å². The molecule has 1 aromatic heterocycles. The van der Waals surface area contributed by atoms with E-state index >= 15 is 0 Å². The molecule has 0 bridgehead atoms. The third kappa shape index (κ3) is 1.86. The van der Waals surface area contributed by atoms with Crippen molar-refractivity contribution in [2.75, 3.05) is 0 Å². The van der Waals surface area contributed by atoms with Crippen molar-refractivity contribution < 1.29 is 8.78 Å². The van der Waals surface area contributed by atoms with E-state index in [1.807, 2.05) is 6.92 Å². The van der Waals surface area contributed by atoms with Crippen LogP contribution in [0.25, 0.3) is 11.4 Å². The van der Waals surface area contributed by atoms with Crippen LogP contribution in [0.15, 0.2) is 24.5 Å². The van der Waals surface area contributed by atoms with E-state index in [-0.39, 0.29) is 11.4 Å². The van der Waals surface area contributed by atoms with E-state index in [2.05, 4.69) is 10.1 Å². The highest BCUT2D eigenvalue weighted by Crippen LogP contribution is 2.19. The van der Waals surface area contributed by atoms with E-state index in [0.717, 1.165) is 6.07 Å². The fourth-order valence-corrected chi connectivity index (χ4v) is 1.24. The SMILES string of the molecule is CCn1cnc(-c2ccc(F)cc2F)n1. The highest BCUT2D eigenvalue weighted by atomic mass is 19.1. The molecule has 0 saturated heterocycles. The Morgan fingerprint density at radius 3 is 2.73 bits per heavy atom. The Balaban J connectivity index is 2.44. The van der Waals surface area contributed by atoms with Crippen LogP contribution in [0.4, 0.5) is 8.78 Å². The lowest BCUT2D eigenvalue weighted by Gasteiger charge is -1.97. The fraction of sp³-hybridized carbons (Fsp3) is 0.200. The first kappa shape index (κ1) is 9.76. The van der Waals surface area contributed by atoms with Crippen molar-refractivity contribution in [2.45, 2.75) is 13.5 Å². The van der Waals surface area contributed by atoms with Gasteiger partial charge in [0.15, 0.2) is 5.82 Å². The molecule has 0 fully saturated rings. The maximum absolute atomic E-state index is 13.3. The molecule has 1 aromatic carbocycles. The quantitative estimate of drug-likeness (QED) is 0.759. The average molecular weight is 209 g/mol. The summed E-state index contributed by atoms with van der Waals surface area (Å²) < 4.78 is 27.6. The number of aryl methyl sites for hydroxylation is 1. The molecule has 0 spiro atoms. The topological polar surface area (TPSA) is 30.7 Å². The monoisotopic (exact) mass is 209 g/mol. The first-order valence-electron chi connectivity index (χ1n) is 4.55. The number of benzene rings is 1. The van der Waals surface area contributed by atoms with Crippen LogP contribution in [0.2, 0.25) is 0 Å². The summed E-state index contributed by atoms with van der Waals surface area (Å²) in [6.07, 6.45) is 1.51. The van der Waals surface area contributed by atoms with Gasteiger partial charge in [-0.05, 0) is 19.1 Å². The predicted octanol–water partition coefficient (Wildman–Crippen LogP) is 2.24. The van der Waals surface area contributed by atoms with Gasteiger partial charge in [-0.25, -0.2) is 13.8 Å². The number of nitrogens with zero attached hydrogens (tertiary/aromatic N) is 3. The minimum absolute atomic E-state index is 0.212.